The fourth-order valence-electron chi connectivity index (χ4n) is 1.02. The Morgan fingerprint density at radius 2 is 1.30 bits per heavy atom. The van der Waals surface area contributed by atoms with E-state index in [1.54, 1.807) is 0 Å². The van der Waals surface area contributed by atoms with Crippen LogP contribution in [0.4, 0.5) is 0 Å². The van der Waals surface area contributed by atoms with Crippen LogP contribution in [-0.2, 0) is 22.9 Å². The highest BCUT2D eigenvalue weighted by atomic mass is 17.0. The lowest BCUT2D eigenvalue weighted by molar-refractivity contribution is -0.763. The molecule has 2 heterocycles. The molecule has 0 amide bonds. The summed E-state index contributed by atoms with van der Waals surface area (Å²) in [6, 6.07) is 0. The van der Waals surface area contributed by atoms with Crippen molar-refractivity contribution >= 4 is 0 Å². The number of hydrogen-bond acceptors (Lipinski definition) is 12. The predicted octanol–water partition coefficient (Wildman–Crippen LogP) is -0.464. The lowest BCUT2D eigenvalue weighted by Gasteiger charge is -1.89. The lowest BCUT2D eigenvalue weighted by Crippen LogP contribution is -2.01. The highest BCUT2D eigenvalue weighted by molar-refractivity contribution is 5.39. The third kappa shape index (κ3) is 3.34. The van der Waals surface area contributed by atoms with Crippen LogP contribution in [0.15, 0.2) is 9.05 Å². The molecule has 0 saturated carbocycles. The molecule has 0 N–H and O–H groups in total. The molecule has 0 spiro atoms. The largest absolute Gasteiger partial charge is 0.337 e. The van der Waals surface area contributed by atoms with Crippen LogP contribution < -0.4 is 0 Å². The molecule has 0 atom stereocenters. The summed E-state index contributed by atoms with van der Waals surface area (Å²) in [6.07, 6.45) is 0. The van der Waals surface area contributed by atoms with Crippen molar-refractivity contribution in [2.24, 2.45) is 0 Å². The van der Waals surface area contributed by atoms with Gasteiger partial charge in [-0.25, -0.2) is 0 Å². The minimum absolute atomic E-state index is 0.122. The minimum Gasteiger partial charge on any atom is -0.337 e. The Balaban J connectivity index is 2.01. The van der Waals surface area contributed by atoms with Gasteiger partial charge in [0.25, 0.3) is 22.0 Å². The fourth-order valence-corrected chi connectivity index (χ4v) is 1.02. The first kappa shape index (κ1) is 13.1. The van der Waals surface area contributed by atoms with Crippen molar-refractivity contribution in [1.82, 2.24) is 20.3 Å². The first-order valence-electron chi connectivity index (χ1n) is 4.74. The Hall–Kier alpha value is -3.32. The van der Waals surface area contributed by atoms with E-state index in [4.69, 9.17) is 0 Å². The maximum Gasteiger partial charge on any atom is 0.295 e. The third-order valence-electron chi connectivity index (χ3n) is 1.72. The zero-order valence-corrected chi connectivity index (χ0v) is 9.36. The standard InChI is InChI=1S/C6H4N6O8/c13-11(14)17-1-3-7-5(9-19-3)6-8-4(20-10-6)2-18-12(15)16/h1-2H2. The Labute approximate surface area is 107 Å². The molecule has 106 valence electrons. The zero-order chi connectivity index (χ0) is 14.5. The van der Waals surface area contributed by atoms with Gasteiger partial charge in [-0.2, -0.15) is 9.97 Å². The van der Waals surface area contributed by atoms with Crippen LogP contribution >= 0.6 is 0 Å². The molecule has 14 nitrogen and oxygen atoms in total. The van der Waals surface area contributed by atoms with Crippen molar-refractivity contribution in [1.29, 1.82) is 0 Å². The quantitative estimate of drug-likeness (QED) is 0.472. The van der Waals surface area contributed by atoms with Crippen molar-refractivity contribution in [3.05, 3.63) is 32.0 Å². The Morgan fingerprint density at radius 3 is 1.65 bits per heavy atom. The summed E-state index contributed by atoms with van der Waals surface area (Å²) in [6.45, 7) is -1.07. The Kier molecular flexibility index (Phi) is 3.64. The van der Waals surface area contributed by atoms with Crippen molar-refractivity contribution in [2.75, 3.05) is 0 Å². The van der Waals surface area contributed by atoms with Crippen LogP contribution in [0.2, 0.25) is 0 Å². The second kappa shape index (κ2) is 5.55. The molecule has 2 rings (SSSR count). The van der Waals surface area contributed by atoms with Gasteiger partial charge in [-0.1, -0.05) is 10.3 Å². The van der Waals surface area contributed by atoms with Crippen LogP contribution in [-0.4, -0.2) is 30.5 Å². The number of nitrogens with zero attached hydrogens (tertiary/aromatic N) is 6. The van der Waals surface area contributed by atoms with E-state index in [0.29, 0.717) is 0 Å². The summed E-state index contributed by atoms with van der Waals surface area (Å²) >= 11 is 0. The summed E-state index contributed by atoms with van der Waals surface area (Å²) < 4.78 is 9.25. The normalized spacial score (nSPS) is 10.2. The maximum absolute atomic E-state index is 9.96. The zero-order valence-electron chi connectivity index (χ0n) is 9.36. The van der Waals surface area contributed by atoms with E-state index in [9.17, 15) is 20.2 Å². The fraction of sp³-hybridized carbons (Fsp3) is 0.333. The van der Waals surface area contributed by atoms with Gasteiger partial charge in [-0.15, -0.1) is 20.2 Å². The average Bonchev–Trinajstić information content (AvgIpc) is 3.02. The molecule has 0 unspecified atom stereocenters. The molecule has 0 aliphatic heterocycles. The number of aromatic nitrogens is 4. The average molecular weight is 288 g/mol. The topological polar surface area (TPSA) is 183 Å². The van der Waals surface area contributed by atoms with Crippen LogP contribution in [0.3, 0.4) is 0 Å². The molecule has 2 aromatic heterocycles. The Bertz CT molecular complexity index is 566. The van der Waals surface area contributed by atoms with Crippen LogP contribution in [0.25, 0.3) is 11.6 Å². The Morgan fingerprint density at radius 1 is 0.900 bits per heavy atom. The molecule has 2 aromatic rings. The number of hydrogen-bond donors (Lipinski definition) is 0. The monoisotopic (exact) mass is 288 g/mol. The summed E-state index contributed by atoms with van der Waals surface area (Å²) in [4.78, 5) is 35.3. The van der Waals surface area contributed by atoms with E-state index in [0.717, 1.165) is 0 Å². The van der Waals surface area contributed by atoms with E-state index in [1.807, 2.05) is 0 Å². The summed E-state index contributed by atoms with van der Waals surface area (Å²) in [7, 11) is 0. The van der Waals surface area contributed by atoms with Gasteiger partial charge in [0.1, 0.15) is 0 Å². The van der Waals surface area contributed by atoms with Gasteiger partial charge in [-0.3, -0.25) is 0 Å². The summed E-state index contributed by atoms with van der Waals surface area (Å²) in [5, 5.41) is 24.7. The number of rotatable bonds is 7. The molecular formula is C6H4N6O8. The van der Waals surface area contributed by atoms with Crippen molar-refractivity contribution in [3.63, 3.8) is 0 Å². The van der Waals surface area contributed by atoms with Gasteiger partial charge >= 0.3 is 0 Å². The van der Waals surface area contributed by atoms with E-state index < -0.39 is 23.4 Å². The van der Waals surface area contributed by atoms with E-state index in [1.165, 1.54) is 0 Å². The van der Waals surface area contributed by atoms with Crippen molar-refractivity contribution in [3.8, 4) is 11.6 Å². The highest BCUT2D eigenvalue weighted by Crippen LogP contribution is 2.12. The second-order valence-electron chi connectivity index (χ2n) is 3.02. The van der Waals surface area contributed by atoms with E-state index in [-0.39, 0.29) is 23.4 Å². The van der Waals surface area contributed by atoms with Gasteiger partial charge in [-0.05, 0) is 0 Å². The van der Waals surface area contributed by atoms with Crippen molar-refractivity contribution < 1.29 is 28.9 Å². The molecule has 20 heavy (non-hydrogen) atoms. The molecule has 0 aliphatic carbocycles. The smallest absolute Gasteiger partial charge is 0.295 e. The molecule has 0 saturated heterocycles. The molecule has 0 aromatic carbocycles. The van der Waals surface area contributed by atoms with Crippen LogP contribution in [0.5, 0.6) is 0 Å². The van der Waals surface area contributed by atoms with E-state index >= 15 is 0 Å². The predicted molar refractivity (Wildman–Crippen MR) is 51.2 cm³/mol. The van der Waals surface area contributed by atoms with Gasteiger partial charge in [0, 0.05) is 0 Å². The summed E-state index contributed by atoms with van der Waals surface area (Å²) in [5.74, 6) is -0.597. The van der Waals surface area contributed by atoms with Gasteiger partial charge in [0.15, 0.2) is 13.2 Å². The van der Waals surface area contributed by atoms with Gasteiger partial charge < -0.3 is 18.7 Å². The first-order chi connectivity index (χ1) is 9.54. The minimum atomic E-state index is -1.02. The summed E-state index contributed by atoms with van der Waals surface area (Å²) in [5.41, 5.74) is 0. The van der Waals surface area contributed by atoms with Gasteiger partial charge in [0.05, 0.1) is 0 Å². The first-order valence-corrected chi connectivity index (χ1v) is 4.74. The lowest BCUT2D eigenvalue weighted by atomic mass is 10.5. The highest BCUT2D eigenvalue weighted by Gasteiger charge is 2.16. The SMILES string of the molecule is O=[N+]([O-])OCc1nc(-c2noc(CO[N+](=O)[O-])n2)no1. The van der Waals surface area contributed by atoms with Crippen molar-refractivity contribution in [2.45, 2.75) is 13.2 Å². The maximum atomic E-state index is 9.96. The molecule has 0 fully saturated rings. The third-order valence-corrected chi connectivity index (χ3v) is 1.72. The van der Waals surface area contributed by atoms with Crippen LogP contribution in [0, 0.1) is 20.2 Å². The molecule has 14 heteroatoms. The molecule has 0 aliphatic rings. The van der Waals surface area contributed by atoms with Crippen LogP contribution in [0.1, 0.15) is 11.8 Å². The van der Waals surface area contributed by atoms with E-state index in [2.05, 4.69) is 39.0 Å². The second-order valence-corrected chi connectivity index (χ2v) is 3.02. The molecule has 0 bridgehead atoms. The molecule has 0 radical (unpaired) electrons. The van der Waals surface area contributed by atoms with Gasteiger partial charge in [0.2, 0.25) is 11.6 Å². The molecular weight excluding hydrogens is 284 g/mol.